The van der Waals surface area contributed by atoms with Gasteiger partial charge in [0, 0.05) is 30.4 Å². The maximum absolute atomic E-state index is 11.3. The summed E-state index contributed by atoms with van der Waals surface area (Å²) in [6.45, 7) is 5.01. The quantitative estimate of drug-likeness (QED) is 0.655. The number of rotatable bonds is 7. The Balaban J connectivity index is 2.21. The molecule has 0 aliphatic rings. The third kappa shape index (κ3) is 5.29. The summed E-state index contributed by atoms with van der Waals surface area (Å²) in [6, 6.07) is 3.54. The number of thiophene rings is 1. The third-order valence-corrected chi connectivity index (χ3v) is 3.22. The van der Waals surface area contributed by atoms with Crippen LogP contribution in [0.4, 0.5) is 0 Å². The summed E-state index contributed by atoms with van der Waals surface area (Å²) in [5, 5.41) is 14.7. The Bertz CT molecular complexity index is 415. The van der Waals surface area contributed by atoms with E-state index in [0.29, 0.717) is 24.4 Å². The highest BCUT2D eigenvalue weighted by atomic mass is 32.1. The van der Waals surface area contributed by atoms with E-state index in [1.54, 1.807) is 12.1 Å². The van der Waals surface area contributed by atoms with Gasteiger partial charge in [0.2, 0.25) is 5.91 Å². The lowest BCUT2D eigenvalue weighted by Crippen LogP contribution is -2.32. The Labute approximate surface area is 110 Å². The van der Waals surface area contributed by atoms with Crippen LogP contribution >= 0.6 is 11.3 Å². The van der Waals surface area contributed by atoms with Crippen LogP contribution in [0.2, 0.25) is 0 Å². The van der Waals surface area contributed by atoms with Crippen molar-refractivity contribution in [2.75, 3.05) is 6.54 Å². The van der Waals surface area contributed by atoms with Crippen molar-refractivity contribution in [1.82, 2.24) is 10.6 Å². The maximum Gasteiger partial charge on any atom is 0.345 e. The van der Waals surface area contributed by atoms with Gasteiger partial charge in [-0.3, -0.25) is 4.79 Å². The molecule has 0 atom stereocenters. The molecular formula is C12H18N2O3S. The molecule has 0 unspecified atom stereocenters. The molecule has 18 heavy (non-hydrogen) atoms. The molecule has 0 saturated carbocycles. The van der Waals surface area contributed by atoms with E-state index in [1.807, 2.05) is 13.8 Å². The lowest BCUT2D eigenvalue weighted by molar-refractivity contribution is -0.121. The van der Waals surface area contributed by atoms with E-state index in [-0.39, 0.29) is 11.9 Å². The molecule has 1 rings (SSSR count). The number of carbonyl (C=O) groups is 2. The molecule has 0 spiro atoms. The number of carboxylic acids is 1. The number of hydrogen-bond acceptors (Lipinski definition) is 4. The smallest absolute Gasteiger partial charge is 0.345 e. The van der Waals surface area contributed by atoms with Crippen molar-refractivity contribution < 1.29 is 14.7 Å². The number of nitrogens with one attached hydrogen (secondary N) is 2. The minimum absolute atomic E-state index is 0.0231. The number of amides is 1. The van der Waals surface area contributed by atoms with Crippen LogP contribution in [0.15, 0.2) is 12.1 Å². The molecule has 100 valence electrons. The number of hydrogen-bond donors (Lipinski definition) is 3. The molecule has 0 radical (unpaired) electrons. The molecule has 0 fully saturated rings. The molecule has 0 aliphatic carbocycles. The van der Waals surface area contributed by atoms with Gasteiger partial charge in [0.25, 0.3) is 0 Å². The second-order valence-corrected chi connectivity index (χ2v) is 5.39. The molecule has 1 aromatic rings. The van der Waals surface area contributed by atoms with Gasteiger partial charge in [0.15, 0.2) is 0 Å². The zero-order valence-electron chi connectivity index (χ0n) is 10.5. The van der Waals surface area contributed by atoms with Crippen LogP contribution in [-0.4, -0.2) is 29.6 Å². The molecule has 1 aromatic heterocycles. The summed E-state index contributed by atoms with van der Waals surface area (Å²) < 4.78 is 0. The highest BCUT2D eigenvalue weighted by Gasteiger charge is 2.07. The first-order valence-corrected chi connectivity index (χ1v) is 6.62. The minimum atomic E-state index is -0.900. The fourth-order valence-electron chi connectivity index (χ4n) is 1.40. The number of carbonyl (C=O) groups excluding carboxylic acids is 1. The van der Waals surface area contributed by atoms with Gasteiger partial charge in [-0.1, -0.05) is 0 Å². The predicted molar refractivity (Wildman–Crippen MR) is 70.9 cm³/mol. The first kappa shape index (κ1) is 14.7. The summed E-state index contributed by atoms with van der Waals surface area (Å²) >= 11 is 1.25. The van der Waals surface area contributed by atoms with Gasteiger partial charge in [0.1, 0.15) is 4.88 Å². The molecule has 0 aliphatic heterocycles. The summed E-state index contributed by atoms with van der Waals surface area (Å²) in [6.07, 6.45) is 0.426. The Morgan fingerprint density at radius 1 is 1.39 bits per heavy atom. The van der Waals surface area contributed by atoms with Crippen molar-refractivity contribution in [2.24, 2.45) is 0 Å². The Hall–Kier alpha value is -1.40. The van der Waals surface area contributed by atoms with Crippen LogP contribution in [0.5, 0.6) is 0 Å². The van der Waals surface area contributed by atoms with Crippen LogP contribution < -0.4 is 10.6 Å². The summed E-state index contributed by atoms with van der Waals surface area (Å²) in [7, 11) is 0. The highest BCUT2D eigenvalue weighted by molar-refractivity contribution is 7.13. The summed E-state index contributed by atoms with van der Waals surface area (Å²) in [5.74, 6) is -0.877. The highest BCUT2D eigenvalue weighted by Crippen LogP contribution is 2.15. The second-order valence-electron chi connectivity index (χ2n) is 4.22. The van der Waals surface area contributed by atoms with E-state index < -0.39 is 5.97 Å². The third-order valence-electron chi connectivity index (χ3n) is 2.15. The predicted octanol–water partition coefficient (Wildman–Crippen LogP) is 1.45. The van der Waals surface area contributed by atoms with Crippen LogP contribution in [0.25, 0.3) is 0 Å². The number of carboxylic acid groups (broad SMARTS) is 1. The average molecular weight is 270 g/mol. The van der Waals surface area contributed by atoms with Gasteiger partial charge in [0.05, 0.1) is 0 Å². The van der Waals surface area contributed by atoms with Crippen molar-refractivity contribution in [3.05, 3.63) is 21.9 Å². The molecule has 1 amide bonds. The first-order valence-electron chi connectivity index (χ1n) is 5.81. The van der Waals surface area contributed by atoms with E-state index in [1.165, 1.54) is 11.3 Å². The fourth-order valence-corrected chi connectivity index (χ4v) is 2.21. The van der Waals surface area contributed by atoms with Crippen molar-refractivity contribution in [2.45, 2.75) is 32.9 Å². The normalized spacial score (nSPS) is 10.6. The largest absolute Gasteiger partial charge is 0.477 e. The van der Waals surface area contributed by atoms with Crippen LogP contribution in [0, 0.1) is 0 Å². The molecule has 1 heterocycles. The van der Waals surface area contributed by atoms with Crippen molar-refractivity contribution >= 4 is 23.2 Å². The van der Waals surface area contributed by atoms with E-state index in [2.05, 4.69) is 10.6 Å². The van der Waals surface area contributed by atoms with E-state index in [9.17, 15) is 9.59 Å². The molecule has 3 N–H and O–H groups in total. The lowest BCUT2D eigenvalue weighted by Gasteiger charge is -2.08. The monoisotopic (exact) mass is 270 g/mol. The minimum Gasteiger partial charge on any atom is -0.477 e. The molecule has 0 saturated heterocycles. The Morgan fingerprint density at radius 2 is 2.11 bits per heavy atom. The van der Waals surface area contributed by atoms with Gasteiger partial charge < -0.3 is 15.7 Å². The van der Waals surface area contributed by atoms with Crippen LogP contribution in [0.3, 0.4) is 0 Å². The Morgan fingerprint density at radius 3 is 2.67 bits per heavy atom. The van der Waals surface area contributed by atoms with Gasteiger partial charge in [-0.05, 0) is 26.0 Å². The van der Waals surface area contributed by atoms with Crippen molar-refractivity contribution in [3.8, 4) is 0 Å². The molecular weight excluding hydrogens is 252 g/mol. The Kier molecular flexibility index (Phi) is 5.80. The first-order chi connectivity index (χ1) is 8.49. The van der Waals surface area contributed by atoms with E-state index >= 15 is 0 Å². The topological polar surface area (TPSA) is 78.4 Å². The zero-order chi connectivity index (χ0) is 13.5. The second kappa shape index (κ2) is 7.13. The summed E-state index contributed by atoms with van der Waals surface area (Å²) in [4.78, 5) is 23.3. The lowest BCUT2D eigenvalue weighted by atomic mass is 10.3. The molecule has 5 nitrogen and oxygen atoms in total. The average Bonchev–Trinajstić information content (AvgIpc) is 2.72. The maximum atomic E-state index is 11.3. The fraction of sp³-hybridized carbons (Fsp3) is 0.500. The van der Waals surface area contributed by atoms with Crippen LogP contribution in [0.1, 0.15) is 34.8 Å². The van der Waals surface area contributed by atoms with Crippen LogP contribution in [-0.2, 0) is 11.3 Å². The standard InChI is InChI=1S/C12H18N2O3S/c1-8(2)14-11(15)5-6-13-7-9-3-4-10(18-9)12(16)17/h3-4,8,13H,5-7H2,1-2H3,(H,14,15)(H,16,17). The molecule has 6 heteroatoms. The zero-order valence-corrected chi connectivity index (χ0v) is 11.3. The number of aromatic carboxylic acids is 1. The van der Waals surface area contributed by atoms with Gasteiger partial charge >= 0.3 is 5.97 Å². The van der Waals surface area contributed by atoms with Gasteiger partial charge in [-0.25, -0.2) is 4.79 Å². The van der Waals surface area contributed by atoms with E-state index in [4.69, 9.17) is 5.11 Å². The van der Waals surface area contributed by atoms with Gasteiger partial charge in [-0.15, -0.1) is 11.3 Å². The summed E-state index contributed by atoms with van der Waals surface area (Å²) in [5.41, 5.74) is 0. The molecule has 0 bridgehead atoms. The van der Waals surface area contributed by atoms with E-state index in [0.717, 1.165) is 4.88 Å². The SMILES string of the molecule is CC(C)NC(=O)CCNCc1ccc(C(=O)O)s1. The molecule has 0 aromatic carbocycles. The van der Waals surface area contributed by atoms with Crippen molar-refractivity contribution in [3.63, 3.8) is 0 Å². The van der Waals surface area contributed by atoms with Gasteiger partial charge in [-0.2, -0.15) is 0 Å². The van der Waals surface area contributed by atoms with Crippen molar-refractivity contribution in [1.29, 1.82) is 0 Å².